The predicted octanol–water partition coefficient (Wildman–Crippen LogP) is 5.54. The summed E-state index contributed by atoms with van der Waals surface area (Å²) in [5.41, 5.74) is 2.48. The quantitative estimate of drug-likeness (QED) is 0.533. The van der Waals surface area contributed by atoms with Gasteiger partial charge in [-0.05, 0) is 82.5 Å². The van der Waals surface area contributed by atoms with Crippen molar-refractivity contribution in [2.75, 3.05) is 0 Å². The lowest BCUT2D eigenvalue weighted by molar-refractivity contribution is 0.0600. The van der Waals surface area contributed by atoms with Crippen LogP contribution in [0.5, 0.6) is 0 Å². The SMILES string of the molecule is C[C@H]([C@@H](C)CCCC(C)(C)O)[C@@]1(C)CCC/C(=C\C=C2C[C@@H](O)C[C@H](O)C2)C1. The molecule has 2 fully saturated rings. The van der Waals surface area contributed by atoms with Crippen molar-refractivity contribution < 1.29 is 15.3 Å². The molecular formula is C25H44O3. The van der Waals surface area contributed by atoms with Crippen LogP contribution in [0.2, 0.25) is 0 Å². The van der Waals surface area contributed by atoms with Crippen LogP contribution in [-0.4, -0.2) is 33.1 Å². The molecule has 28 heavy (non-hydrogen) atoms. The molecule has 0 aliphatic heterocycles. The molecule has 5 atom stereocenters. The van der Waals surface area contributed by atoms with Crippen LogP contribution in [-0.2, 0) is 0 Å². The van der Waals surface area contributed by atoms with Crippen LogP contribution in [0.4, 0.5) is 0 Å². The Morgan fingerprint density at radius 3 is 2.32 bits per heavy atom. The second kappa shape index (κ2) is 9.91. The van der Waals surface area contributed by atoms with Crippen molar-refractivity contribution in [1.29, 1.82) is 0 Å². The zero-order valence-electron chi connectivity index (χ0n) is 18.9. The first-order valence-electron chi connectivity index (χ1n) is 11.4. The Balaban J connectivity index is 1.95. The van der Waals surface area contributed by atoms with Crippen molar-refractivity contribution >= 4 is 0 Å². The molecule has 0 unspecified atom stereocenters. The molecule has 2 aliphatic rings. The molecule has 3 N–H and O–H groups in total. The summed E-state index contributed by atoms with van der Waals surface area (Å²) >= 11 is 0. The van der Waals surface area contributed by atoms with Gasteiger partial charge in [-0.3, -0.25) is 0 Å². The van der Waals surface area contributed by atoms with Gasteiger partial charge in [-0.1, -0.05) is 56.9 Å². The molecule has 0 heterocycles. The molecule has 3 heteroatoms. The van der Waals surface area contributed by atoms with Gasteiger partial charge in [-0.15, -0.1) is 0 Å². The molecule has 0 spiro atoms. The molecule has 0 amide bonds. The highest BCUT2D eigenvalue weighted by atomic mass is 16.3. The monoisotopic (exact) mass is 392 g/mol. The Morgan fingerprint density at radius 1 is 1.11 bits per heavy atom. The minimum absolute atomic E-state index is 0.336. The molecule has 0 aromatic heterocycles. The smallest absolute Gasteiger partial charge is 0.0602 e. The molecule has 0 radical (unpaired) electrons. The van der Waals surface area contributed by atoms with Crippen LogP contribution >= 0.6 is 0 Å². The number of aliphatic hydroxyl groups is 3. The van der Waals surface area contributed by atoms with E-state index in [0.29, 0.717) is 36.5 Å². The zero-order chi connectivity index (χ0) is 20.9. The van der Waals surface area contributed by atoms with E-state index >= 15 is 0 Å². The minimum atomic E-state index is -0.554. The van der Waals surface area contributed by atoms with E-state index in [2.05, 4.69) is 32.9 Å². The summed E-state index contributed by atoms with van der Waals surface area (Å²) in [5.74, 6) is 1.32. The fourth-order valence-corrected chi connectivity index (χ4v) is 5.28. The van der Waals surface area contributed by atoms with Crippen LogP contribution in [0.25, 0.3) is 0 Å². The van der Waals surface area contributed by atoms with Gasteiger partial charge in [0.1, 0.15) is 0 Å². The highest BCUT2D eigenvalue weighted by Crippen LogP contribution is 2.48. The van der Waals surface area contributed by atoms with Crippen molar-refractivity contribution in [2.45, 2.75) is 117 Å². The van der Waals surface area contributed by atoms with Gasteiger partial charge >= 0.3 is 0 Å². The predicted molar refractivity (Wildman–Crippen MR) is 117 cm³/mol. The maximum atomic E-state index is 9.96. The lowest BCUT2D eigenvalue weighted by atomic mass is 9.62. The molecule has 0 bridgehead atoms. The average molecular weight is 393 g/mol. The first-order valence-corrected chi connectivity index (χ1v) is 11.4. The molecule has 2 rings (SSSR count). The summed E-state index contributed by atoms with van der Waals surface area (Å²) in [4.78, 5) is 0. The summed E-state index contributed by atoms with van der Waals surface area (Å²) in [6, 6.07) is 0. The lowest BCUT2D eigenvalue weighted by Gasteiger charge is -2.43. The molecule has 162 valence electrons. The van der Waals surface area contributed by atoms with Crippen molar-refractivity contribution in [2.24, 2.45) is 17.3 Å². The Kier molecular flexibility index (Phi) is 8.37. The van der Waals surface area contributed by atoms with E-state index in [1.54, 1.807) is 0 Å². The maximum Gasteiger partial charge on any atom is 0.0602 e. The minimum Gasteiger partial charge on any atom is -0.393 e. The molecular weight excluding hydrogens is 348 g/mol. The van der Waals surface area contributed by atoms with Crippen LogP contribution in [0.1, 0.15) is 98.8 Å². The van der Waals surface area contributed by atoms with E-state index in [9.17, 15) is 15.3 Å². The fourth-order valence-electron chi connectivity index (χ4n) is 5.28. The van der Waals surface area contributed by atoms with Gasteiger partial charge in [0, 0.05) is 0 Å². The van der Waals surface area contributed by atoms with Gasteiger partial charge in [-0.2, -0.15) is 0 Å². The van der Waals surface area contributed by atoms with E-state index in [4.69, 9.17) is 0 Å². The van der Waals surface area contributed by atoms with Gasteiger partial charge in [0.25, 0.3) is 0 Å². The van der Waals surface area contributed by atoms with Crippen molar-refractivity contribution in [1.82, 2.24) is 0 Å². The normalized spacial score (nSPS) is 33.0. The second-order valence-electron chi connectivity index (χ2n) is 10.8. The van der Waals surface area contributed by atoms with E-state index < -0.39 is 17.8 Å². The fraction of sp³-hybridized carbons (Fsp3) is 0.840. The maximum absolute atomic E-state index is 9.96. The van der Waals surface area contributed by atoms with E-state index in [-0.39, 0.29) is 0 Å². The highest BCUT2D eigenvalue weighted by Gasteiger charge is 2.36. The van der Waals surface area contributed by atoms with Gasteiger partial charge in [0.15, 0.2) is 0 Å². The Labute approximate surface area is 172 Å². The van der Waals surface area contributed by atoms with Crippen LogP contribution in [0.15, 0.2) is 23.3 Å². The number of aliphatic hydroxyl groups excluding tert-OH is 2. The Bertz CT molecular complexity index is 545. The largest absolute Gasteiger partial charge is 0.393 e. The summed E-state index contributed by atoms with van der Waals surface area (Å²) in [6.07, 6.45) is 13.6. The molecule has 2 aliphatic carbocycles. The molecule has 0 saturated heterocycles. The number of hydrogen-bond donors (Lipinski definition) is 3. The van der Waals surface area contributed by atoms with E-state index in [1.165, 1.54) is 36.8 Å². The first-order chi connectivity index (χ1) is 13.0. The number of hydrogen-bond acceptors (Lipinski definition) is 3. The zero-order valence-corrected chi connectivity index (χ0v) is 18.9. The van der Waals surface area contributed by atoms with Gasteiger partial charge in [0.05, 0.1) is 17.8 Å². The molecule has 3 nitrogen and oxygen atoms in total. The van der Waals surface area contributed by atoms with Crippen molar-refractivity contribution in [3.05, 3.63) is 23.3 Å². The van der Waals surface area contributed by atoms with Crippen molar-refractivity contribution in [3.8, 4) is 0 Å². The van der Waals surface area contributed by atoms with Gasteiger partial charge in [0.2, 0.25) is 0 Å². The van der Waals surface area contributed by atoms with Crippen molar-refractivity contribution in [3.63, 3.8) is 0 Å². The lowest BCUT2D eigenvalue weighted by Crippen LogP contribution is -2.33. The van der Waals surface area contributed by atoms with E-state index in [0.717, 1.165) is 19.3 Å². The number of allylic oxidation sites excluding steroid dienone is 3. The van der Waals surface area contributed by atoms with Crippen LogP contribution < -0.4 is 0 Å². The average Bonchev–Trinajstić information content (AvgIpc) is 2.57. The highest BCUT2D eigenvalue weighted by molar-refractivity contribution is 5.22. The standard InChI is InChI=1S/C25H44O3/c1-18(8-6-12-24(3,4)28)19(2)25(5)13-7-9-20(17-25)10-11-21-14-22(26)16-23(27)15-21/h10-11,18-19,22-23,26-28H,6-9,12-17H2,1-5H3/b20-10+/t18-,19+,22+,23+,25-/m0/s1. The second-order valence-corrected chi connectivity index (χ2v) is 10.8. The summed E-state index contributed by atoms with van der Waals surface area (Å²) < 4.78 is 0. The summed E-state index contributed by atoms with van der Waals surface area (Å²) in [6.45, 7) is 11.1. The summed E-state index contributed by atoms with van der Waals surface area (Å²) in [5, 5.41) is 29.7. The van der Waals surface area contributed by atoms with Gasteiger partial charge in [-0.25, -0.2) is 0 Å². The molecule has 2 saturated carbocycles. The third-order valence-electron chi connectivity index (χ3n) is 7.37. The molecule has 0 aromatic rings. The topological polar surface area (TPSA) is 60.7 Å². The van der Waals surface area contributed by atoms with Gasteiger partial charge < -0.3 is 15.3 Å². The number of rotatable bonds is 7. The Hall–Kier alpha value is -0.640. The third-order valence-corrected chi connectivity index (χ3v) is 7.37. The first kappa shape index (κ1) is 23.6. The van der Waals surface area contributed by atoms with Crippen LogP contribution in [0, 0.1) is 17.3 Å². The Morgan fingerprint density at radius 2 is 1.71 bits per heavy atom. The van der Waals surface area contributed by atoms with E-state index in [1.807, 2.05) is 13.8 Å². The third kappa shape index (κ3) is 7.31. The molecule has 0 aromatic carbocycles. The summed E-state index contributed by atoms with van der Waals surface area (Å²) in [7, 11) is 0. The van der Waals surface area contributed by atoms with Crippen LogP contribution in [0.3, 0.4) is 0 Å².